The van der Waals surface area contributed by atoms with Crippen molar-refractivity contribution in [3.63, 3.8) is 0 Å². The first-order valence-electron chi connectivity index (χ1n) is 13.0. The molecule has 0 bridgehead atoms. The first-order valence-corrected chi connectivity index (χ1v) is 13.0. The van der Waals surface area contributed by atoms with Crippen molar-refractivity contribution in [2.45, 2.75) is 51.5 Å². The minimum Gasteiger partial charge on any atom is -0.388 e. The van der Waals surface area contributed by atoms with Gasteiger partial charge in [-0.15, -0.1) is 0 Å². The summed E-state index contributed by atoms with van der Waals surface area (Å²) in [6.45, 7) is 5.96. The molecular weight excluding hydrogens is 446 g/mol. The molecule has 1 unspecified atom stereocenters. The molecule has 2 N–H and O–H groups in total. The van der Waals surface area contributed by atoms with E-state index in [-0.39, 0.29) is 0 Å². The molecule has 0 radical (unpaired) electrons. The summed E-state index contributed by atoms with van der Waals surface area (Å²) in [4.78, 5) is 9.69. The highest BCUT2D eigenvalue weighted by atomic mass is 15.3. The third-order valence-electron chi connectivity index (χ3n) is 7.41. The molecule has 3 heterocycles. The number of aryl methyl sites for hydroxylation is 2. The number of unbranched alkanes of at least 4 members (excludes halogenated alkanes) is 1. The molecule has 7 nitrogen and oxygen atoms in total. The second-order valence-corrected chi connectivity index (χ2v) is 9.92. The van der Waals surface area contributed by atoms with E-state index in [9.17, 15) is 0 Å². The largest absolute Gasteiger partial charge is 0.388 e. The van der Waals surface area contributed by atoms with Gasteiger partial charge in [0.2, 0.25) is 5.95 Å². The molecule has 1 saturated carbocycles. The number of nitrogens with zero attached hydrogens (tertiary/aromatic N) is 5. The lowest BCUT2D eigenvalue weighted by Crippen LogP contribution is -2.14. The van der Waals surface area contributed by atoms with E-state index in [4.69, 9.17) is 9.97 Å². The summed E-state index contributed by atoms with van der Waals surface area (Å²) < 4.78 is 4.46. The maximum Gasteiger partial charge on any atom is 0.203 e. The first kappa shape index (κ1) is 24.1. The zero-order chi connectivity index (χ0) is 25.2. The Morgan fingerprint density at radius 1 is 1.11 bits per heavy atom. The van der Waals surface area contributed by atoms with Crippen molar-refractivity contribution in [3.05, 3.63) is 60.1 Å². The van der Waals surface area contributed by atoms with Crippen molar-refractivity contribution in [2.75, 3.05) is 24.7 Å². The van der Waals surface area contributed by atoms with E-state index in [0.29, 0.717) is 6.04 Å². The Kier molecular flexibility index (Phi) is 6.81. The van der Waals surface area contributed by atoms with Crippen molar-refractivity contribution in [1.82, 2.24) is 24.3 Å². The van der Waals surface area contributed by atoms with E-state index in [1.807, 2.05) is 45.0 Å². The second kappa shape index (κ2) is 10.2. The van der Waals surface area contributed by atoms with Crippen LogP contribution in [0, 0.1) is 12.8 Å². The minimum atomic E-state index is 0.470. The average molecular weight is 484 g/mol. The monoisotopic (exact) mass is 483 g/mol. The molecule has 188 valence electrons. The van der Waals surface area contributed by atoms with Gasteiger partial charge in [-0.3, -0.25) is 9.67 Å². The molecule has 0 amide bonds. The van der Waals surface area contributed by atoms with E-state index in [1.54, 1.807) is 0 Å². The molecular formula is C29H37N7. The average Bonchev–Trinajstić information content (AvgIpc) is 3.57. The van der Waals surface area contributed by atoms with Crippen LogP contribution in [0.25, 0.3) is 28.4 Å². The van der Waals surface area contributed by atoms with Gasteiger partial charge in [-0.1, -0.05) is 19.1 Å². The van der Waals surface area contributed by atoms with Gasteiger partial charge in [0.1, 0.15) is 0 Å². The fourth-order valence-corrected chi connectivity index (χ4v) is 5.39. The maximum atomic E-state index is 4.90. The number of hydrogen-bond acceptors (Lipinski definition) is 5. The smallest absolute Gasteiger partial charge is 0.203 e. The van der Waals surface area contributed by atoms with E-state index < -0.39 is 0 Å². The van der Waals surface area contributed by atoms with Crippen molar-refractivity contribution in [1.29, 1.82) is 0 Å². The van der Waals surface area contributed by atoms with Crippen LogP contribution in [0.2, 0.25) is 0 Å². The molecule has 3 aromatic heterocycles. The summed E-state index contributed by atoms with van der Waals surface area (Å²) in [5.74, 6) is 1.70. The van der Waals surface area contributed by atoms with Gasteiger partial charge in [0.15, 0.2) is 0 Å². The molecule has 1 aromatic carbocycles. The number of aromatic nitrogens is 5. The number of hydrogen-bond donors (Lipinski definition) is 2. The number of fused-ring (bicyclic) bond motifs is 1. The summed E-state index contributed by atoms with van der Waals surface area (Å²) in [6, 6.07) is 11.1. The van der Waals surface area contributed by atoms with Crippen LogP contribution in [0.4, 0.5) is 11.6 Å². The third-order valence-corrected chi connectivity index (χ3v) is 7.41. The van der Waals surface area contributed by atoms with Crippen molar-refractivity contribution >= 4 is 28.7 Å². The van der Waals surface area contributed by atoms with Crippen molar-refractivity contribution in [2.24, 2.45) is 13.0 Å². The fourth-order valence-electron chi connectivity index (χ4n) is 5.39. The summed E-state index contributed by atoms with van der Waals surface area (Å²) in [5.41, 5.74) is 8.79. The molecule has 0 spiro atoms. The molecule has 1 atom stereocenters. The molecule has 4 aromatic rings. The topological polar surface area (TPSA) is 72.6 Å². The van der Waals surface area contributed by atoms with Gasteiger partial charge >= 0.3 is 0 Å². The Balaban J connectivity index is 1.32. The van der Waals surface area contributed by atoms with E-state index in [2.05, 4.69) is 57.2 Å². The predicted octanol–water partition coefficient (Wildman–Crippen LogP) is 6.23. The van der Waals surface area contributed by atoms with Gasteiger partial charge in [0, 0.05) is 49.8 Å². The Hall–Kier alpha value is -3.61. The Morgan fingerprint density at radius 3 is 2.67 bits per heavy atom. The van der Waals surface area contributed by atoms with Crippen LogP contribution in [0.5, 0.6) is 0 Å². The lowest BCUT2D eigenvalue weighted by atomic mass is 10.0. The van der Waals surface area contributed by atoms with Crippen LogP contribution in [-0.4, -0.2) is 38.4 Å². The number of nitrogens with one attached hydrogen (secondary N) is 2. The highest BCUT2D eigenvalue weighted by molar-refractivity contribution is 5.82. The molecule has 0 saturated heterocycles. The standard InChI is InChI=1S/C29H37N7/c1-6-20-15-19(2)33-24(16-20)23-18-32-35(5)27(23)10-8-7-9-26(21-11-12-21)36-28-14-13-22(30-3)17-25(28)34-29(36)31-4/h6,13-18,21,26,30H,1,7-12H2,2-5H3,(H,31,34). The number of benzene rings is 1. The zero-order valence-electron chi connectivity index (χ0n) is 21.9. The number of pyridine rings is 1. The highest BCUT2D eigenvalue weighted by Gasteiger charge is 2.34. The minimum absolute atomic E-state index is 0.470. The SMILES string of the molecule is C=Cc1cc(C)nc(-c2cnn(C)c2CCCCC(C2CC2)n2c(NC)nc3cc(NC)ccc32)c1. The van der Waals surface area contributed by atoms with Crippen LogP contribution >= 0.6 is 0 Å². The Labute approximate surface area is 213 Å². The van der Waals surface area contributed by atoms with Gasteiger partial charge in [0.05, 0.1) is 22.9 Å². The zero-order valence-corrected chi connectivity index (χ0v) is 21.9. The summed E-state index contributed by atoms with van der Waals surface area (Å²) in [7, 11) is 5.96. The number of imidazole rings is 1. The van der Waals surface area contributed by atoms with E-state index in [0.717, 1.165) is 71.3 Å². The fraction of sp³-hybridized carbons (Fsp3) is 0.414. The Morgan fingerprint density at radius 2 is 1.94 bits per heavy atom. The first-order chi connectivity index (χ1) is 17.5. The van der Waals surface area contributed by atoms with Crippen LogP contribution in [-0.2, 0) is 13.5 Å². The van der Waals surface area contributed by atoms with Gasteiger partial charge in [-0.2, -0.15) is 5.10 Å². The molecule has 1 fully saturated rings. The molecule has 7 heteroatoms. The van der Waals surface area contributed by atoms with Gasteiger partial charge in [-0.05, 0) is 80.8 Å². The van der Waals surface area contributed by atoms with Crippen LogP contribution < -0.4 is 10.6 Å². The van der Waals surface area contributed by atoms with Crippen molar-refractivity contribution < 1.29 is 0 Å². The molecule has 1 aliphatic carbocycles. The number of rotatable bonds is 11. The molecule has 36 heavy (non-hydrogen) atoms. The summed E-state index contributed by atoms with van der Waals surface area (Å²) in [6.07, 6.45) is 10.8. The highest BCUT2D eigenvalue weighted by Crippen LogP contribution is 2.45. The normalized spacial score (nSPS) is 14.2. The van der Waals surface area contributed by atoms with E-state index in [1.165, 1.54) is 24.1 Å². The summed E-state index contributed by atoms with van der Waals surface area (Å²) >= 11 is 0. The number of anilines is 2. The van der Waals surface area contributed by atoms with Crippen LogP contribution in [0.3, 0.4) is 0 Å². The predicted molar refractivity (Wildman–Crippen MR) is 149 cm³/mol. The summed E-state index contributed by atoms with van der Waals surface area (Å²) in [5, 5.41) is 11.1. The molecule has 5 rings (SSSR count). The van der Waals surface area contributed by atoms with Gasteiger partial charge in [-0.25, -0.2) is 4.98 Å². The van der Waals surface area contributed by atoms with E-state index >= 15 is 0 Å². The molecule has 0 aliphatic heterocycles. The third kappa shape index (κ3) is 4.74. The second-order valence-electron chi connectivity index (χ2n) is 9.92. The van der Waals surface area contributed by atoms with Crippen LogP contribution in [0.15, 0.2) is 43.1 Å². The molecule has 1 aliphatic rings. The maximum absolute atomic E-state index is 4.90. The quantitative estimate of drug-likeness (QED) is 0.247. The van der Waals surface area contributed by atoms with Crippen molar-refractivity contribution in [3.8, 4) is 11.3 Å². The lowest BCUT2D eigenvalue weighted by Gasteiger charge is -2.21. The van der Waals surface area contributed by atoms with Gasteiger partial charge in [0.25, 0.3) is 0 Å². The lowest BCUT2D eigenvalue weighted by molar-refractivity contribution is 0.410. The van der Waals surface area contributed by atoms with Gasteiger partial charge < -0.3 is 15.2 Å². The van der Waals surface area contributed by atoms with Crippen LogP contribution in [0.1, 0.15) is 55.1 Å². The Bertz CT molecular complexity index is 1380.